The lowest BCUT2D eigenvalue weighted by Crippen LogP contribution is -2.34. The number of carbonyl (C=O) groups excluding carboxylic acids is 1. The van der Waals surface area contributed by atoms with Crippen LogP contribution in [0.5, 0.6) is 0 Å². The van der Waals surface area contributed by atoms with Crippen molar-refractivity contribution >= 4 is 12.0 Å². The van der Waals surface area contributed by atoms with Gasteiger partial charge in [-0.05, 0) is 62.4 Å². The minimum absolute atomic E-state index is 0. The standard InChI is InChI=1S/C20H26FN3O.CH4/c1-14-3-6-20(15(2)22-14)23-17-4-5-18(19(21)13-17)16-7-9-24(10-8-16)11-12-25;/h4-5,12-13,16,20,22-23H,1-3,6-11H2;1H4. The van der Waals surface area contributed by atoms with E-state index in [0.717, 1.165) is 67.7 Å². The molecule has 0 radical (unpaired) electrons. The van der Waals surface area contributed by atoms with E-state index in [1.54, 1.807) is 6.07 Å². The van der Waals surface area contributed by atoms with Crippen LogP contribution in [0, 0.1) is 5.82 Å². The third-order valence-corrected chi connectivity index (χ3v) is 5.19. The van der Waals surface area contributed by atoms with Gasteiger partial charge in [-0.2, -0.15) is 0 Å². The van der Waals surface area contributed by atoms with E-state index >= 15 is 0 Å². The molecule has 142 valence electrons. The first-order valence-electron chi connectivity index (χ1n) is 8.92. The molecule has 2 fully saturated rings. The van der Waals surface area contributed by atoms with Crippen molar-refractivity contribution in [1.82, 2.24) is 10.2 Å². The van der Waals surface area contributed by atoms with Crippen molar-refractivity contribution in [3.05, 3.63) is 54.1 Å². The molecule has 26 heavy (non-hydrogen) atoms. The Bertz CT molecular complexity index is 665. The molecule has 0 spiro atoms. The van der Waals surface area contributed by atoms with Gasteiger partial charge in [0.1, 0.15) is 12.1 Å². The van der Waals surface area contributed by atoms with Gasteiger partial charge in [0.05, 0.1) is 12.6 Å². The molecule has 0 aromatic heterocycles. The maximum absolute atomic E-state index is 14.6. The lowest BCUT2D eigenvalue weighted by atomic mass is 9.89. The lowest BCUT2D eigenvalue weighted by molar-refractivity contribution is -0.109. The van der Waals surface area contributed by atoms with Gasteiger partial charge in [0.15, 0.2) is 0 Å². The second kappa shape index (κ2) is 8.99. The number of hydrogen-bond donors (Lipinski definition) is 2. The third kappa shape index (κ3) is 4.73. The lowest BCUT2D eigenvalue weighted by Gasteiger charge is -2.31. The first kappa shape index (κ1) is 20.2. The average molecular weight is 359 g/mol. The van der Waals surface area contributed by atoms with E-state index in [4.69, 9.17) is 0 Å². The van der Waals surface area contributed by atoms with Gasteiger partial charge in [0.2, 0.25) is 0 Å². The summed E-state index contributed by atoms with van der Waals surface area (Å²) >= 11 is 0. The summed E-state index contributed by atoms with van der Waals surface area (Å²) in [6, 6.07) is 5.52. The molecule has 5 heteroatoms. The van der Waals surface area contributed by atoms with Crippen LogP contribution < -0.4 is 10.6 Å². The number of rotatable bonds is 5. The summed E-state index contributed by atoms with van der Waals surface area (Å²) in [6.07, 6.45) is 4.51. The molecule has 1 atom stereocenters. The van der Waals surface area contributed by atoms with Crippen LogP contribution in [0.2, 0.25) is 0 Å². The van der Waals surface area contributed by atoms with Crippen molar-refractivity contribution in [3.8, 4) is 0 Å². The summed E-state index contributed by atoms with van der Waals surface area (Å²) in [5.74, 6) is 0.0733. The van der Waals surface area contributed by atoms with E-state index in [-0.39, 0.29) is 25.2 Å². The molecule has 2 saturated heterocycles. The summed E-state index contributed by atoms with van der Waals surface area (Å²) in [6.45, 7) is 10.1. The summed E-state index contributed by atoms with van der Waals surface area (Å²) in [5.41, 5.74) is 3.42. The zero-order valence-corrected chi connectivity index (χ0v) is 14.6. The fourth-order valence-electron chi connectivity index (χ4n) is 3.71. The highest BCUT2D eigenvalue weighted by atomic mass is 19.1. The van der Waals surface area contributed by atoms with Crippen LogP contribution in [0.4, 0.5) is 10.1 Å². The van der Waals surface area contributed by atoms with Crippen molar-refractivity contribution in [1.29, 1.82) is 0 Å². The zero-order valence-electron chi connectivity index (χ0n) is 14.6. The number of nitrogens with zero attached hydrogens (tertiary/aromatic N) is 1. The van der Waals surface area contributed by atoms with Crippen LogP contribution >= 0.6 is 0 Å². The minimum atomic E-state index is -0.155. The van der Waals surface area contributed by atoms with Crippen molar-refractivity contribution in [2.24, 2.45) is 0 Å². The molecule has 0 saturated carbocycles. The van der Waals surface area contributed by atoms with Gasteiger partial charge in [-0.25, -0.2) is 4.39 Å². The Labute approximate surface area is 156 Å². The third-order valence-electron chi connectivity index (χ3n) is 5.19. The number of carbonyl (C=O) groups is 1. The van der Waals surface area contributed by atoms with Crippen LogP contribution in [0.3, 0.4) is 0 Å². The second-order valence-corrected chi connectivity index (χ2v) is 6.97. The van der Waals surface area contributed by atoms with E-state index < -0.39 is 0 Å². The molecule has 4 nitrogen and oxygen atoms in total. The van der Waals surface area contributed by atoms with Crippen LogP contribution in [0.1, 0.15) is 44.6 Å². The van der Waals surface area contributed by atoms with Crippen molar-refractivity contribution < 1.29 is 9.18 Å². The Morgan fingerprint density at radius 3 is 2.62 bits per heavy atom. The maximum Gasteiger partial charge on any atom is 0.133 e. The summed E-state index contributed by atoms with van der Waals surface area (Å²) < 4.78 is 14.6. The van der Waals surface area contributed by atoms with Gasteiger partial charge < -0.3 is 15.4 Å². The molecule has 3 rings (SSSR count). The van der Waals surface area contributed by atoms with E-state index in [1.165, 1.54) is 0 Å². The number of likely N-dealkylation sites (tertiary alicyclic amines) is 1. The smallest absolute Gasteiger partial charge is 0.133 e. The number of halogens is 1. The topological polar surface area (TPSA) is 44.4 Å². The molecule has 0 amide bonds. The fraction of sp³-hybridized carbons (Fsp3) is 0.476. The quantitative estimate of drug-likeness (QED) is 0.779. The van der Waals surface area contributed by atoms with Gasteiger partial charge in [-0.1, -0.05) is 26.7 Å². The van der Waals surface area contributed by atoms with Crippen LogP contribution in [0.25, 0.3) is 0 Å². The normalized spacial score (nSPS) is 21.7. The van der Waals surface area contributed by atoms with Gasteiger partial charge in [0.25, 0.3) is 0 Å². The number of anilines is 1. The molecule has 1 aromatic carbocycles. The number of nitrogens with one attached hydrogen (secondary N) is 2. The number of benzene rings is 1. The number of aldehydes is 1. The molecule has 0 bridgehead atoms. The molecule has 1 aromatic rings. The molecular weight excluding hydrogens is 329 g/mol. The molecule has 2 heterocycles. The monoisotopic (exact) mass is 359 g/mol. The minimum Gasteiger partial charge on any atom is -0.377 e. The predicted octanol–water partition coefficient (Wildman–Crippen LogP) is 4.03. The Balaban J connectivity index is 0.00000243. The van der Waals surface area contributed by atoms with Gasteiger partial charge >= 0.3 is 0 Å². The van der Waals surface area contributed by atoms with Crippen molar-refractivity contribution in [2.75, 3.05) is 25.0 Å². The summed E-state index contributed by atoms with van der Waals surface area (Å²) in [7, 11) is 0. The molecule has 1 unspecified atom stereocenters. The highest BCUT2D eigenvalue weighted by Crippen LogP contribution is 2.31. The van der Waals surface area contributed by atoms with Crippen molar-refractivity contribution in [3.63, 3.8) is 0 Å². The Kier molecular flexibility index (Phi) is 6.98. The van der Waals surface area contributed by atoms with Crippen LogP contribution in [-0.2, 0) is 4.79 Å². The molecule has 2 aliphatic rings. The first-order chi connectivity index (χ1) is 12.1. The molecule has 2 aliphatic heterocycles. The zero-order chi connectivity index (χ0) is 17.8. The maximum atomic E-state index is 14.6. The van der Waals surface area contributed by atoms with E-state index in [2.05, 4.69) is 28.7 Å². The SMILES string of the molecule is C.C=C1CCC(Nc2ccc(C3CCN(CC=O)CC3)c(F)c2)C(=C)N1. The van der Waals surface area contributed by atoms with Gasteiger partial charge in [-0.3, -0.25) is 4.90 Å². The van der Waals surface area contributed by atoms with Crippen LogP contribution in [-0.4, -0.2) is 36.9 Å². The Hall–Kier alpha value is -2.14. The fourth-order valence-corrected chi connectivity index (χ4v) is 3.71. The van der Waals surface area contributed by atoms with E-state index in [9.17, 15) is 9.18 Å². The highest BCUT2D eigenvalue weighted by molar-refractivity contribution is 5.52. The van der Waals surface area contributed by atoms with Crippen molar-refractivity contribution in [2.45, 2.75) is 45.1 Å². The largest absolute Gasteiger partial charge is 0.377 e. The highest BCUT2D eigenvalue weighted by Gasteiger charge is 2.23. The number of hydrogen-bond acceptors (Lipinski definition) is 4. The van der Waals surface area contributed by atoms with Gasteiger partial charge in [0, 0.05) is 17.1 Å². The van der Waals surface area contributed by atoms with E-state index in [0.29, 0.717) is 6.54 Å². The number of piperidine rings is 2. The number of allylic oxidation sites excluding steroid dienone is 1. The Morgan fingerprint density at radius 1 is 1.27 bits per heavy atom. The average Bonchev–Trinajstić information content (AvgIpc) is 2.59. The van der Waals surface area contributed by atoms with Gasteiger partial charge in [-0.15, -0.1) is 0 Å². The summed E-state index contributed by atoms with van der Waals surface area (Å²) in [4.78, 5) is 12.7. The molecular formula is C21H30FN3O. The van der Waals surface area contributed by atoms with Crippen LogP contribution in [0.15, 0.2) is 42.8 Å². The Morgan fingerprint density at radius 2 is 2.00 bits per heavy atom. The summed E-state index contributed by atoms with van der Waals surface area (Å²) in [5, 5.41) is 6.52. The predicted molar refractivity (Wildman–Crippen MR) is 106 cm³/mol. The van der Waals surface area contributed by atoms with E-state index in [1.807, 2.05) is 12.1 Å². The first-order valence-corrected chi connectivity index (χ1v) is 8.92. The second-order valence-electron chi connectivity index (χ2n) is 6.97. The molecule has 0 aliphatic carbocycles. The molecule has 2 N–H and O–H groups in total.